The highest BCUT2D eigenvalue weighted by molar-refractivity contribution is 9.10. The van der Waals surface area contributed by atoms with E-state index in [-0.39, 0.29) is 0 Å². The minimum Gasteiger partial charge on any atom is -0.358 e. The highest BCUT2D eigenvalue weighted by atomic mass is 79.9. The molecule has 0 aliphatic heterocycles. The molecule has 3 rings (SSSR count). The van der Waals surface area contributed by atoms with Gasteiger partial charge in [-0.3, -0.25) is 0 Å². The molecule has 2 nitrogen and oxygen atoms in total. The van der Waals surface area contributed by atoms with Crippen molar-refractivity contribution in [3.05, 3.63) is 33.9 Å². The Kier molecular flexibility index (Phi) is 3.20. The van der Waals surface area contributed by atoms with Crippen LogP contribution in [-0.4, -0.2) is 11.0 Å². The summed E-state index contributed by atoms with van der Waals surface area (Å²) in [6, 6.07) is 6.84. The molecule has 1 aliphatic rings. The number of nitrogens with two attached hydrogens (primary N) is 1. The third-order valence-corrected chi connectivity index (χ3v) is 4.76. The molecular formula is C15H19BrN2. The van der Waals surface area contributed by atoms with E-state index in [1.54, 1.807) is 0 Å². The summed E-state index contributed by atoms with van der Waals surface area (Å²) in [6.07, 6.45) is 4.87. The lowest BCUT2D eigenvalue weighted by Crippen LogP contribution is -2.25. The molecule has 18 heavy (non-hydrogen) atoms. The molecule has 3 N–H and O–H groups in total. The van der Waals surface area contributed by atoms with E-state index in [0.29, 0.717) is 12.0 Å². The second kappa shape index (κ2) is 4.71. The van der Waals surface area contributed by atoms with Gasteiger partial charge in [-0.05, 0) is 55.9 Å². The number of fused-ring (bicyclic) bond motifs is 1. The minimum atomic E-state index is 0.390. The molecule has 2 atom stereocenters. The van der Waals surface area contributed by atoms with Crippen molar-refractivity contribution in [3.63, 3.8) is 0 Å². The van der Waals surface area contributed by atoms with Gasteiger partial charge in [0.2, 0.25) is 0 Å². The van der Waals surface area contributed by atoms with Crippen molar-refractivity contribution in [2.45, 2.75) is 38.6 Å². The molecule has 0 bridgehead atoms. The summed E-state index contributed by atoms with van der Waals surface area (Å²) in [4.78, 5) is 3.48. The Morgan fingerprint density at radius 3 is 2.94 bits per heavy atom. The summed E-state index contributed by atoms with van der Waals surface area (Å²) >= 11 is 3.56. The van der Waals surface area contributed by atoms with Crippen LogP contribution in [0.4, 0.5) is 0 Å². The number of H-pyrrole nitrogens is 1. The van der Waals surface area contributed by atoms with Crippen LogP contribution >= 0.6 is 15.9 Å². The van der Waals surface area contributed by atoms with Gasteiger partial charge in [0.05, 0.1) is 0 Å². The first-order valence-electron chi connectivity index (χ1n) is 6.67. The van der Waals surface area contributed by atoms with E-state index in [1.807, 2.05) is 0 Å². The van der Waals surface area contributed by atoms with E-state index in [1.165, 1.54) is 41.4 Å². The summed E-state index contributed by atoms with van der Waals surface area (Å²) in [5, 5.41) is 1.35. The van der Waals surface area contributed by atoms with Crippen LogP contribution in [0.2, 0.25) is 0 Å². The van der Waals surface area contributed by atoms with Gasteiger partial charge in [0.1, 0.15) is 0 Å². The van der Waals surface area contributed by atoms with E-state index < -0.39 is 0 Å². The zero-order chi connectivity index (χ0) is 12.7. The Bertz CT molecular complexity index is 573. The van der Waals surface area contributed by atoms with Crippen LogP contribution in [0.15, 0.2) is 22.7 Å². The zero-order valence-electron chi connectivity index (χ0n) is 10.7. The quantitative estimate of drug-likeness (QED) is 0.868. The Morgan fingerprint density at radius 1 is 1.39 bits per heavy atom. The molecule has 2 unspecified atom stereocenters. The highest BCUT2D eigenvalue weighted by Gasteiger charge is 2.25. The van der Waals surface area contributed by atoms with Crippen LogP contribution in [-0.2, 0) is 6.42 Å². The summed E-state index contributed by atoms with van der Waals surface area (Å²) in [7, 11) is 0. The smallest absolute Gasteiger partial charge is 0.0459 e. The molecule has 3 heteroatoms. The van der Waals surface area contributed by atoms with Crippen LogP contribution in [0.1, 0.15) is 30.5 Å². The number of aromatic amines is 1. The van der Waals surface area contributed by atoms with Gasteiger partial charge in [-0.2, -0.15) is 0 Å². The van der Waals surface area contributed by atoms with Crippen LogP contribution in [0.5, 0.6) is 0 Å². The Labute approximate surface area is 116 Å². The fourth-order valence-corrected chi connectivity index (χ4v) is 3.56. The lowest BCUT2D eigenvalue weighted by molar-refractivity contribution is 0.479. The van der Waals surface area contributed by atoms with Crippen molar-refractivity contribution in [2.24, 2.45) is 11.7 Å². The SMILES string of the molecule is Cc1[nH]c2ccc(Br)cc2c1CC1CCCC1N. The van der Waals surface area contributed by atoms with Crippen molar-refractivity contribution in [1.29, 1.82) is 0 Å². The van der Waals surface area contributed by atoms with Gasteiger partial charge < -0.3 is 10.7 Å². The van der Waals surface area contributed by atoms with Crippen LogP contribution in [0.3, 0.4) is 0 Å². The highest BCUT2D eigenvalue weighted by Crippen LogP contribution is 2.32. The molecule has 0 radical (unpaired) electrons. The van der Waals surface area contributed by atoms with Crippen molar-refractivity contribution < 1.29 is 0 Å². The number of rotatable bonds is 2. The van der Waals surface area contributed by atoms with Gasteiger partial charge in [0, 0.05) is 27.1 Å². The Morgan fingerprint density at radius 2 is 2.22 bits per heavy atom. The topological polar surface area (TPSA) is 41.8 Å². The third-order valence-electron chi connectivity index (χ3n) is 4.27. The van der Waals surface area contributed by atoms with E-state index in [2.05, 4.69) is 46.0 Å². The molecular weight excluding hydrogens is 288 g/mol. The number of hydrogen-bond acceptors (Lipinski definition) is 1. The molecule has 0 amide bonds. The average molecular weight is 307 g/mol. The van der Waals surface area contributed by atoms with Gasteiger partial charge in [-0.25, -0.2) is 0 Å². The Hall–Kier alpha value is -0.800. The number of benzene rings is 1. The molecule has 1 heterocycles. The molecule has 1 aromatic heterocycles. The molecule has 2 aromatic rings. The number of hydrogen-bond donors (Lipinski definition) is 2. The summed E-state index contributed by atoms with van der Waals surface area (Å²) < 4.78 is 1.14. The fraction of sp³-hybridized carbons (Fsp3) is 0.467. The maximum Gasteiger partial charge on any atom is 0.0459 e. The maximum atomic E-state index is 6.20. The van der Waals surface area contributed by atoms with Crippen molar-refractivity contribution in [2.75, 3.05) is 0 Å². The van der Waals surface area contributed by atoms with Crippen molar-refractivity contribution in [3.8, 4) is 0 Å². The normalized spacial score (nSPS) is 23.9. The fourth-order valence-electron chi connectivity index (χ4n) is 3.20. The predicted octanol–water partition coefficient (Wildman–Crippen LogP) is 3.91. The van der Waals surface area contributed by atoms with Gasteiger partial charge in [-0.15, -0.1) is 0 Å². The molecule has 0 spiro atoms. The molecule has 1 aliphatic carbocycles. The van der Waals surface area contributed by atoms with E-state index in [0.717, 1.165) is 10.9 Å². The molecule has 1 saturated carbocycles. The number of nitrogens with one attached hydrogen (secondary N) is 1. The molecule has 1 fully saturated rings. The first kappa shape index (κ1) is 12.2. The number of halogens is 1. The number of aromatic nitrogens is 1. The van der Waals surface area contributed by atoms with Gasteiger partial charge in [-0.1, -0.05) is 22.4 Å². The molecule has 96 valence electrons. The first-order valence-corrected chi connectivity index (χ1v) is 7.46. The minimum absolute atomic E-state index is 0.390. The Balaban J connectivity index is 1.99. The standard InChI is InChI=1S/C15H19BrN2/c1-9-12(7-10-3-2-4-14(10)17)13-8-11(16)5-6-15(13)18-9/h5-6,8,10,14,18H,2-4,7,17H2,1H3. The second-order valence-corrected chi connectivity index (χ2v) is 6.39. The largest absolute Gasteiger partial charge is 0.358 e. The third kappa shape index (κ3) is 2.10. The average Bonchev–Trinajstić information content (AvgIpc) is 2.86. The monoisotopic (exact) mass is 306 g/mol. The lowest BCUT2D eigenvalue weighted by atomic mass is 9.93. The van der Waals surface area contributed by atoms with E-state index in [9.17, 15) is 0 Å². The number of aryl methyl sites for hydroxylation is 1. The van der Waals surface area contributed by atoms with Crippen LogP contribution in [0, 0.1) is 12.8 Å². The first-order chi connectivity index (χ1) is 8.65. The molecule has 1 aromatic carbocycles. The summed E-state index contributed by atoms with van der Waals surface area (Å²) in [5.74, 6) is 0.654. The van der Waals surface area contributed by atoms with Gasteiger partial charge >= 0.3 is 0 Å². The summed E-state index contributed by atoms with van der Waals surface area (Å²) in [5.41, 5.74) is 10.2. The van der Waals surface area contributed by atoms with Crippen LogP contribution in [0.25, 0.3) is 10.9 Å². The van der Waals surface area contributed by atoms with Gasteiger partial charge in [0.15, 0.2) is 0 Å². The lowest BCUT2D eigenvalue weighted by Gasteiger charge is -2.15. The predicted molar refractivity (Wildman–Crippen MR) is 79.8 cm³/mol. The second-order valence-electron chi connectivity index (χ2n) is 5.48. The van der Waals surface area contributed by atoms with Crippen molar-refractivity contribution in [1.82, 2.24) is 4.98 Å². The zero-order valence-corrected chi connectivity index (χ0v) is 12.3. The maximum absolute atomic E-state index is 6.20. The van der Waals surface area contributed by atoms with E-state index in [4.69, 9.17) is 5.73 Å². The molecule has 0 saturated heterocycles. The van der Waals surface area contributed by atoms with Crippen LogP contribution < -0.4 is 5.73 Å². The van der Waals surface area contributed by atoms with Crippen molar-refractivity contribution >= 4 is 26.8 Å². The van der Waals surface area contributed by atoms with E-state index >= 15 is 0 Å². The summed E-state index contributed by atoms with van der Waals surface area (Å²) in [6.45, 7) is 2.17. The van der Waals surface area contributed by atoms with Gasteiger partial charge in [0.25, 0.3) is 0 Å².